The number of hydrogen-bond acceptors (Lipinski definition) is 5. The van der Waals surface area contributed by atoms with Gasteiger partial charge in [-0.05, 0) is 31.9 Å². The van der Waals surface area contributed by atoms with Gasteiger partial charge in [0.25, 0.3) is 5.56 Å². The molecule has 0 saturated carbocycles. The highest BCUT2D eigenvalue weighted by atomic mass is 16.2. The molecule has 37 heavy (non-hydrogen) atoms. The number of piperazine rings is 1. The van der Waals surface area contributed by atoms with Crippen molar-refractivity contribution in [1.29, 1.82) is 0 Å². The molecule has 2 aromatic heterocycles. The lowest BCUT2D eigenvalue weighted by atomic mass is 9.96. The van der Waals surface area contributed by atoms with Crippen LogP contribution in [0.2, 0.25) is 0 Å². The molecule has 2 aromatic carbocycles. The van der Waals surface area contributed by atoms with Crippen molar-refractivity contribution in [1.82, 2.24) is 29.1 Å². The number of fused-ring (bicyclic) bond motifs is 1. The molecular weight excluding hydrogens is 464 g/mol. The Morgan fingerprint density at radius 3 is 2.08 bits per heavy atom. The van der Waals surface area contributed by atoms with Gasteiger partial charge in [-0.2, -0.15) is 5.10 Å². The van der Waals surface area contributed by atoms with Crippen molar-refractivity contribution in [3.05, 3.63) is 94.7 Å². The SMILES string of the molecule is CC(C)(C)n1ncc2c(=O)n(CCC(=O)N3CCN(C(c4ccccc4)c4ccccc4)CC3)cnc21. The molecule has 192 valence electrons. The summed E-state index contributed by atoms with van der Waals surface area (Å²) in [4.78, 5) is 34.9. The molecule has 3 heterocycles. The quantitative estimate of drug-likeness (QED) is 0.405. The van der Waals surface area contributed by atoms with Gasteiger partial charge in [-0.3, -0.25) is 19.1 Å². The topological polar surface area (TPSA) is 76.3 Å². The summed E-state index contributed by atoms with van der Waals surface area (Å²) in [6.07, 6.45) is 3.37. The third-order valence-corrected chi connectivity index (χ3v) is 7.02. The van der Waals surface area contributed by atoms with Crippen LogP contribution in [0.5, 0.6) is 0 Å². The highest BCUT2D eigenvalue weighted by Gasteiger charge is 2.28. The van der Waals surface area contributed by atoms with Gasteiger partial charge in [-0.25, -0.2) is 9.67 Å². The van der Waals surface area contributed by atoms with E-state index in [0.717, 1.165) is 13.1 Å². The van der Waals surface area contributed by atoms with E-state index in [-0.39, 0.29) is 29.5 Å². The van der Waals surface area contributed by atoms with Gasteiger partial charge >= 0.3 is 0 Å². The van der Waals surface area contributed by atoms with Crippen LogP contribution in [0, 0.1) is 0 Å². The fourth-order valence-electron chi connectivity index (χ4n) is 5.09. The minimum absolute atomic E-state index is 0.0630. The largest absolute Gasteiger partial charge is 0.340 e. The third-order valence-electron chi connectivity index (χ3n) is 7.02. The molecule has 0 unspecified atom stereocenters. The number of carbonyl (C=O) groups is 1. The molecule has 0 bridgehead atoms. The molecule has 8 heteroatoms. The highest BCUT2D eigenvalue weighted by molar-refractivity contribution is 5.76. The van der Waals surface area contributed by atoms with Crippen LogP contribution in [0.3, 0.4) is 0 Å². The number of nitrogens with zero attached hydrogens (tertiary/aromatic N) is 6. The molecule has 0 radical (unpaired) electrons. The Kier molecular flexibility index (Phi) is 6.93. The molecule has 0 atom stereocenters. The van der Waals surface area contributed by atoms with Crippen molar-refractivity contribution in [3.8, 4) is 0 Å². The molecule has 4 aromatic rings. The van der Waals surface area contributed by atoms with Gasteiger partial charge in [-0.1, -0.05) is 60.7 Å². The lowest BCUT2D eigenvalue weighted by molar-refractivity contribution is -0.133. The monoisotopic (exact) mass is 498 g/mol. The summed E-state index contributed by atoms with van der Waals surface area (Å²) in [6.45, 7) is 9.28. The van der Waals surface area contributed by atoms with Crippen molar-refractivity contribution in [2.45, 2.75) is 45.3 Å². The number of aryl methyl sites for hydroxylation is 1. The maximum absolute atomic E-state index is 13.1. The van der Waals surface area contributed by atoms with E-state index in [9.17, 15) is 9.59 Å². The van der Waals surface area contributed by atoms with E-state index in [2.05, 4.69) is 63.5 Å². The van der Waals surface area contributed by atoms with Crippen LogP contribution in [0.25, 0.3) is 11.0 Å². The van der Waals surface area contributed by atoms with Gasteiger partial charge in [0, 0.05) is 39.1 Å². The second-order valence-electron chi connectivity index (χ2n) is 10.6. The maximum atomic E-state index is 13.1. The predicted octanol–water partition coefficient (Wildman–Crippen LogP) is 3.67. The average Bonchev–Trinajstić information content (AvgIpc) is 3.36. The molecule has 1 saturated heterocycles. The second kappa shape index (κ2) is 10.3. The van der Waals surface area contributed by atoms with E-state index in [0.29, 0.717) is 30.7 Å². The fraction of sp³-hybridized carbons (Fsp3) is 0.379. The van der Waals surface area contributed by atoms with E-state index in [1.807, 2.05) is 37.8 Å². The molecule has 1 aliphatic heterocycles. The molecule has 0 N–H and O–H groups in total. The Hall–Kier alpha value is -3.78. The number of rotatable bonds is 6. The number of benzene rings is 2. The minimum atomic E-state index is -0.272. The summed E-state index contributed by atoms with van der Waals surface area (Å²) >= 11 is 0. The van der Waals surface area contributed by atoms with Crippen LogP contribution in [0.1, 0.15) is 44.4 Å². The molecule has 0 spiro atoms. The average molecular weight is 499 g/mol. The summed E-state index contributed by atoms with van der Waals surface area (Å²) in [5, 5.41) is 4.84. The summed E-state index contributed by atoms with van der Waals surface area (Å²) in [5.41, 5.74) is 2.65. The van der Waals surface area contributed by atoms with Crippen molar-refractivity contribution < 1.29 is 4.79 Å². The minimum Gasteiger partial charge on any atom is -0.340 e. The van der Waals surface area contributed by atoms with E-state index < -0.39 is 0 Å². The second-order valence-corrected chi connectivity index (χ2v) is 10.6. The summed E-state index contributed by atoms with van der Waals surface area (Å²) in [7, 11) is 0. The third kappa shape index (κ3) is 5.20. The van der Waals surface area contributed by atoms with Gasteiger partial charge in [0.1, 0.15) is 5.39 Å². The summed E-state index contributed by atoms with van der Waals surface area (Å²) in [5.74, 6) is 0.0630. The van der Waals surface area contributed by atoms with Crippen LogP contribution in [0.15, 0.2) is 78.0 Å². The van der Waals surface area contributed by atoms with Crippen LogP contribution in [-0.2, 0) is 16.9 Å². The first kappa shape index (κ1) is 24.9. The zero-order valence-corrected chi connectivity index (χ0v) is 21.7. The number of carbonyl (C=O) groups excluding carboxylic acids is 1. The van der Waals surface area contributed by atoms with Gasteiger partial charge in [0.05, 0.1) is 24.1 Å². The van der Waals surface area contributed by atoms with Gasteiger partial charge in [0.2, 0.25) is 5.91 Å². The van der Waals surface area contributed by atoms with Crippen molar-refractivity contribution >= 4 is 16.9 Å². The Bertz CT molecular complexity index is 1370. The Morgan fingerprint density at radius 1 is 0.919 bits per heavy atom. The number of hydrogen-bond donors (Lipinski definition) is 0. The van der Waals surface area contributed by atoms with Crippen LogP contribution >= 0.6 is 0 Å². The van der Waals surface area contributed by atoms with E-state index >= 15 is 0 Å². The summed E-state index contributed by atoms with van der Waals surface area (Å²) in [6, 6.07) is 21.2. The maximum Gasteiger partial charge on any atom is 0.264 e. The van der Waals surface area contributed by atoms with E-state index in [4.69, 9.17) is 0 Å². The van der Waals surface area contributed by atoms with Crippen molar-refractivity contribution in [3.63, 3.8) is 0 Å². The molecule has 5 rings (SSSR count). The van der Waals surface area contributed by atoms with Crippen LogP contribution in [0.4, 0.5) is 0 Å². The highest BCUT2D eigenvalue weighted by Crippen LogP contribution is 2.29. The summed E-state index contributed by atoms with van der Waals surface area (Å²) < 4.78 is 3.28. The normalized spacial score (nSPS) is 15.0. The molecule has 1 fully saturated rings. The molecule has 0 aliphatic carbocycles. The molecule has 1 amide bonds. The first-order valence-electron chi connectivity index (χ1n) is 12.9. The first-order valence-corrected chi connectivity index (χ1v) is 12.9. The van der Waals surface area contributed by atoms with Crippen molar-refractivity contribution in [2.24, 2.45) is 0 Å². The lowest BCUT2D eigenvalue weighted by Crippen LogP contribution is -2.50. The zero-order valence-electron chi connectivity index (χ0n) is 21.7. The van der Waals surface area contributed by atoms with Gasteiger partial charge in [0.15, 0.2) is 5.65 Å². The molecular formula is C29H34N6O2. The zero-order chi connectivity index (χ0) is 26.0. The molecule has 1 aliphatic rings. The predicted molar refractivity (Wildman–Crippen MR) is 144 cm³/mol. The molecule has 8 nitrogen and oxygen atoms in total. The van der Waals surface area contributed by atoms with Gasteiger partial charge < -0.3 is 4.90 Å². The van der Waals surface area contributed by atoms with Crippen LogP contribution < -0.4 is 5.56 Å². The smallest absolute Gasteiger partial charge is 0.264 e. The fourth-order valence-corrected chi connectivity index (χ4v) is 5.09. The lowest BCUT2D eigenvalue weighted by Gasteiger charge is -2.40. The first-order chi connectivity index (χ1) is 17.8. The number of amides is 1. The van der Waals surface area contributed by atoms with E-state index in [1.54, 1.807) is 10.9 Å². The Labute approximate surface area is 217 Å². The van der Waals surface area contributed by atoms with E-state index in [1.165, 1.54) is 22.0 Å². The van der Waals surface area contributed by atoms with Crippen LogP contribution in [-0.4, -0.2) is 61.2 Å². The Morgan fingerprint density at radius 2 is 1.51 bits per heavy atom. The van der Waals surface area contributed by atoms with Crippen molar-refractivity contribution in [2.75, 3.05) is 26.2 Å². The standard InChI is InChI=1S/C29H34N6O2/c1-29(2,3)35-27-24(20-31-35)28(37)34(21-30-27)15-14-25(36)32-16-18-33(19-17-32)26(22-10-6-4-7-11-22)23-12-8-5-9-13-23/h4-13,20-21,26H,14-19H2,1-3H3. The van der Waals surface area contributed by atoms with Gasteiger partial charge in [-0.15, -0.1) is 0 Å². The number of aromatic nitrogens is 4. The Balaban J connectivity index is 1.23.